The Bertz CT molecular complexity index is 1340. The molecule has 0 bridgehead atoms. The molecule has 0 aliphatic carbocycles. The first-order chi connectivity index (χ1) is 14.2. The standard InChI is InChI=1S/C20H18FN5O3S/c1-12(29-19-10-13-9-14(21)3-5-17(13)25-20(19)22)16-11-15(30(23,27)28)4-6-18(16)26-8-2-7-24-26/h2-12H,1H3,(H2,22,25)(H2,23,27,28). The summed E-state index contributed by atoms with van der Waals surface area (Å²) in [5.74, 6) is -0.0351. The van der Waals surface area contributed by atoms with Crippen molar-refractivity contribution in [2.75, 3.05) is 5.73 Å². The Hall–Kier alpha value is -3.50. The molecule has 2 heterocycles. The van der Waals surface area contributed by atoms with E-state index in [-0.39, 0.29) is 16.5 Å². The Morgan fingerprint density at radius 1 is 1.17 bits per heavy atom. The van der Waals surface area contributed by atoms with Crippen LogP contribution >= 0.6 is 0 Å². The highest BCUT2D eigenvalue weighted by Crippen LogP contribution is 2.32. The molecule has 154 valence electrons. The van der Waals surface area contributed by atoms with E-state index in [2.05, 4.69) is 10.1 Å². The van der Waals surface area contributed by atoms with Gasteiger partial charge in [-0.05, 0) is 55.5 Å². The van der Waals surface area contributed by atoms with Crippen LogP contribution in [0.15, 0.2) is 65.8 Å². The molecule has 0 radical (unpaired) electrons. The summed E-state index contributed by atoms with van der Waals surface area (Å²) >= 11 is 0. The molecule has 10 heteroatoms. The summed E-state index contributed by atoms with van der Waals surface area (Å²) in [6, 6.07) is 11.9. The van der Waals surface area contributed by atoms with Crippen LogP contribution in [0.25, 0.3) is 16.6 Å². The number of halogens is 1. The summed E-state index contributed by atoms with van der Waals surface area (Å²) in [4.78, 5) is 4.19. The van der Waals surface area contributed by atoms with Crippen LogP contribution in [0.4, 0.5) is 10.2 Å². The zero-order valence-electron chi connectivity index (χ0n) is 15.9. The third kappa shape index (κ3) is 3.82. The summed E-state index contributed by atoms with van der Waals surface area (Å²) in [5.41, 5.74) is 7.68. The van der Waals surface area contributed by atoms with Crippen LogP contribution in [0.3, 0.4) is 0 Å². The van der Waals surface area contributed by atoms with E-state index >= 15 is 0 Å². The average molecular weight is 427 g/mol. The molecule has 0 amide bonds. The molecule has 0 saturated heterocycles. The van der Waals surface area contributed by atoms with Gasteiger partial charge in [-0.25, -0.2) is 27.6 Å². The lowest BCUT2D eigenvalue weighted by Gasteiger charge is -2.20. The van der Waals surface area contributed by atoms with Gasteiger partial charge in [-0.1, -0.05) is 0 Å². The van der Waals surface area contributed by atoms with E-state index in [0.717, 1.165) is 0 Å². The van der Waals surface area contributed by atoms with Crippen LogP contribution in [0.2, 0.25) is 0 Å². The normalized spacial score (nSPS) is 12.8. The first-order valence-corrected chi connectivity index (χ1v) is 10.5. The predicted octanol–water partition coefficient (Wildman–Crippen LogP) is 2.93. The molecular formula is C20H18FN5O3S. The van der Waals surface area contributed by atoms with Gasteiger partial charge in [-0.2, -0.15) is 5.10 Å². The number of anilines is 1. The zero-order chi connectivity index (χ0) is 21.5. The number of ether oxygens (including phenoxy) is 1. The summed E-state index contributed by atoms with van der Waals surface area (Å²) in [6.07, 6.45) is 2.67. The van der Waals surface area contributed by atoms with E-state index < -0.39 is 21.9 Å². The van der Waals surface area contributed by atoms with Gasteiger partial charge in [0.15, 0.2) is 11.6 Å². The Balaban J connectivity index is 1.78. The fourth-order valence-corrected chi connectivity index (χ4v) is 3.70. The van der Waals surface area contributed by atoms with Gasteiger partial charge in [0.25, 0.3) is 0 Å². The Morgan fingerprint density at radius 2 is 1.97 bits per heavy atom. The van der Waals surface area contributed by atoms with Crippen LogP contribution in [-0.4, -0.2) is 23.2 Å². The summed E-state index contributed by atoms with van der Waals surface area (Å²) in [5, 5.41) is 10.0. The van der Waals surface area contributed by atoms with E-state index in [1.54, 1.807) is 42.2 Å². The maximum absolute atomic E-state index is 13.6. The molecule has 1 atom stereocenters. The van der Waals surface area contributed by atoms with E-state index in [1.807, 2.05) is 0 Å². The average Bonchev–Trinajstić information content (AvgIpc) is 3.22. The van der Waals surface area contributed by atoms with E-state index in [9.17, 15) is 12.8 Å². The summed E-state index contributed by atoms with van der Waals surface area (Å²) in [7, 11) is -3.92. The van der Waals surface area contributed by atoms with Crippen molar-refractivity contribution in [2.24, 2.45) is 5.14 Å². The van der Waals surface area contributed by atoms with Gasteiger partial charge >= 0.3 is 0 Å². The van der Waals surface area contributed by atoms with Crippen LogP contribution < -0.4 is 15.6 Å². The summed E-state index contributed by atoms with van der Waals surface area (Å²) in [6.45, 7) is 1.73. The number of fused-ring (bicyclic) bond motifs is 1. The van der Waals surface area contributed by atoms with Crippen molar-refractivity contribution >= 4 is 26.7 Å². The van der Waals surface area contributed by atoms with Crippen molar-refractivity contribution in [1.29, 1.82) is 0 Å². The number of hydrogen-bond donors (Lipinski definition) is 2. The first kappa shape index (κ1) is 19.8. The highest BCUT2D eigenvalue weighted by Gasteiger charge is 2.20. The molecule has 4 aromatic rings. The van der Waals surface area contributed by atoms with Gasteiger partial charge < -0.3 is 10.5 Å². The Kier molecular flexibility index (Phi) is 4.88. The minimum absolute atomic E-state index is 0.0597. The highest BCUT2D eigenvalue weighted by atomic mass is 32.2. The topological polar surface area (TPSA) is 126 Å². The van der Waals surface area contributed by atoms with Gasteiger partial charge in [0, 0.05) is 23.3 Å². The lowest BCUT2D eigenvalue weighted by molar-refractivity contribution is 0.227. The number of rotatable bonds is 5. The number of primary sulfonamides is 1. The number of benzene rings is 2. The quantitative estimate of drug-likeness (QED) is 0.504. The molecule has 2 aromatic heterocycles. The number of hydrogen-bond acceptors (Lipinski definition) is 6. The molecule has 4 rings (SSSR count). The third-order valence-corrected chi connectivity index (χ3v) is 5.50. The lowest BCUT2D eigenvalue weighted by Crippen LogP contribution is -2.15. The largest absolute Gasteiger partial charge is 0.482 e. The zero-order valence-corrected chi connectivity index (χ0v) is 16.7. The van der Waals surface area contributed by atoms with Gasteiger partial charge in [-0.15, -0.1) is 0 Å². The molecule has 2 aromatic carbocycles. The van der Waals surface area contributed by atoms with Crippen molar-refractivity contribution < 1.29 is 17.5 Å². The van der Waals surface area contributed by atoms with Crippen molar-refractivity contribution in [1.82, 2.24) is 14.8 Å². The number of nitrogens with zero attached hydrogens (tertiary/aromatic N) is 3. The van der Waals surface area contributed by atoms with E-state index in [1.165, 1.54) is 30.3 Å². The minimum atomic E-state index is -3.92. The fraction of sp³-hybridized carbons (Fsp3) is 0.100. The molecule has 4 N–H and O–H groups in total. The smallest absolute Gasteiger partial charge is 0.238 e. The Labute approximate surface area is 172 Å². The molecular weight excluding hydrogens is 409 g/mol. The maximum Gasteiger partial charge on any atom is 0.238 e. The van der Waals surface area contributed by atoms with Crippen molar-refractivity contribution in [2.45, 2.75) is 17.9 Å². The van der Waals surface area contributed by atoms with Crippen molar-refractivity contribution in [3.05, 3.63) is 72.3 Å². The Morgan fingerprint density at radius 3 is 2.67 bits per heavy atom. The third-order valence-electron chi connectivity index (χ3n) is 4.59. The van der Waals surface area contributed by atoms with Crippen LogP contribution in [0.1, 0.15) is 18.6 Å². The van der Waals surface area contributed by atoms with Gasteiger partial charge in [0.05, 0.1) is 16.1 Å². The second-order valence-corrected chi connectivity index (χ2v) is 8.25. The summed E-state index contributed by atoms with van der Waals surface area (Å²) < 4.78 is 44.9. The second kappa shape index (κ2) is 7.39. The first-order valence-electron chi connectivity index (χ1n) is 8.91. The molecule has 30 heavy (non-hydrogen) atoms. The lowest BCUT2D eigenvalue weighted by atomic mass is 10.1. The number of pyridine rings is 1. The number of sulfonamides is 1. The molecule has 0 aliphatic heterocycles. The minimum Gasteiger partial charge on any atom is -0.482 e. The van der Waals surface area contributed by atoms with Crippen molar-refractivity contribution in [3.8, 4) is 11.4 Å². The van der Waals surface area contributed by atoms with Crippen LogP contribution in [0.5, 0.6) is 5.75 Å². The monoisotopic (exact) mass is 427 g/mol. The van der Waals surface area contributed by atoms with Crippen LogP contribution in [-0.2, 0) is 10.0 Å². The molecule has 1 unspecified atom stereocenters. The van der Waals surface area contributed by atoms with Crippen LogP contribution in [0, 0.1) is 5.82 Å². The molecule has 0 aliphatic rings. The van der Waals surface area contributed by atoms with Gasteiger partial charge in [-0.3, -0.25) is 0 Å². The van der Waals surface area contributed by atoms with Crippen molar-refractivity contribution in [3.63, 3.8) is 0 Å². The van der Waals surface area contributed by atoms with E-state index in [4.69, 9.17) is 15.6 Å². The molecule has 0 fully saturated rings. The highest BCUT2D eigenvalue weighted by molar-refractivity contribution is 7.89. The maximum atomic E-state index is 13.6. The molecule has 0 spiro atoms. The predicted molar refractivity (Wildman–Crippen MR) is 110 cm³/mol. The van der Waals surface area contributed by atoms with E-state index in [0.29, 0.717) is 22.2 Å². The fourth-order valence-electron chi connectivity index (χ4n) is 3.15. The number of nitrogen functional groups attached to an aromatic ring is 1. The van der Waals surface area contributed by atoms with Gasteiger partial charge in [0.2, 0.25) is 10.0 Å². The second-order valence-electron chi connectivity index (χ2n) is 6.69. The molecule has 0 saturated carbocycles. The number of aromatic nitrogens is 3. The number of nitrogens with two attached hydrogens (primary N) is 2. The SMILES string of the molecule is CC(Oc1cc2cc(F)ccc2nc1N)c1cc(S(N)(=O)=O)ccc1-n1cccn1. The molecule has 8 nitrogen and oxygen atoms in total. The van der Waals surface area contributed by atoms with Gasteiger partial charge in [0.1, 0.15) is 11.9 Å².